The molecule has 8 heteroatoms. The second kappa shape index (κ2) is 6.46. The summed E-state index contributed by atoms with van der Waals surface area (Å²) >= 11 is 0. The van der Waals surface area contributed by atoms with Crippen LogP contribution in [-0.4, -0.2) is 49.9 Å². The predicted molar refractivity (Wildman–Crippen MR) is 89.1 cm³/mol. The number of methoxy groups -OCH3 is 1. The SMILES string of the molecule is COC(=O)c1nccc2c(S(=O)(=O)N3CCCC3CN)cccc12. The van der Waals surface area contributed by atoms with Crippen LogP contribution in [0.15, 0.2) is 35.4 Å². The predicted octanol–water partition coefficient (Wildman–Crippen LogP) is 1.13. The summed E-state index contributed by atoms with van der Waals surface area (Å²) in [7, 11) is -2.44. The third-order valence-corrected chi connectivity index (χ3v) is 6.34. The fraction of sp³-hybridized carbons (Fsp3) is 0.375. The van der Waals surface area contributed by atoms with E-state index in [9.17, 15) is 13.2 Å². The quantitative estimate of drug-likeness (QED) is 0.830. The van der Waals surface area contributed by atoms with E-state index >= 15 is 0 Å². The number of sulfonamides is 1. The van der Waals surface area contributed by atoms with E-state index in [1.165, 1.54) is 17.6 Å². The molecule has 0 saturated carbocycles. The molecule has 1 atom stereocenters. The Labute approximate surface area is 140 Å². The number of nitrogens with two attached hydrogens (primary N) is 1. The topological polar surface area (TPSA) is 103 Å². The molecule has 0 spiro atoms. The van der Waals surface area contributed by atoms with Crippen molar-refractivity contribution in [3.8, 4) is 0 Å². The van der Waals surface area contributed by atoms with Gasteiger partial charge in [0.05, 0.1) is 12.0 Å². The molecule has 1 aromatic heterocycles. The van der Waals surface area contributed by atoms with Gasteiger partial charge in [-0.1, -0.05) is 12.1 Å². The smallest absolute Gasteiger partial charge is 0.357 e. The van der Waals surface area contributed by atoms with Gasteiger partial charge in [-0.2, -0.15) is 4.31 Å². The number of hydrogen-bond donors (Lipinski definition) is 1. The average molecular weight is 349 g/mol. The van der Waals surface area contributed by atoms with Crippen LogP contribution >= 0.6 is 0 Å². The van der Waals surface area contributed by atoms with Gasteiger partial charge in [0.1, 0.15) is 0 Å². The normalized spacial score (nSPS) is 18.8. The van der Waals surface area contributed by atoms with Crippen LogP contribution in [0.5, 0.6) is 0 Å². The molecule has 1 fully saturated rings. The van der Waals surface area contributed by atoms with Gasteiger partial charge in [0.15, 0.2) is 5.69 Å². The van der Waals surface area contributed by atoms with Crippen molar-refractivity contribution in [1.82, 2.24) is 9.29 Å². The van der Waals surface area contributed by atoms with Crippen LogP contribution in [-0.2, 0) is 14.8 Å². The molecule has 7 nitrogen and oxygen atoms in total. The van der Waals surface area contributed by atoms with E-state index in [0.29, 0.717) is 23.9 Å². The Morgan fingerprint density at radius 1 is 1.38 bits per heavy atom. The van der Waals surface area contributed by atoms with Crippen molar-refractivity contribution >= 4 is 26.8 Å². The zero-order chi connectivity index (χ0) is 17.3. The Hall–Kier alpha value is -2.03. The highest BCUT2D eigenvalue weighted by atomic mass is 32.2. The van der Waals surface area contributed by atoms with Crippen LogP contribution < -0.4 is 5.73 Å². The molecule has 128 valence electrons. The molecule has 0 radical (unpaired) electrons. The minimum Gasteiger partial charge on any atom is -0.464 e. The van der Waals surface area contributed by atoms with E-state index in [0.717, 1.165) is 12.8 Å². The minimum absolute atomic E-state index is 0.101. The fourth-order valence-electron chi connectivity index (χ4n) is 3.15. The van der Waals surface area contributed by atoms with E-state index in [1.807, 2.05) is 0 Å². The van der Waals surface area contributed by atoms with Gasteiger partial charge in [-0.25, -0.2) is 18.2 Å². The Kier molecular flexibility index (Phi) is 4.53. The number of fused-ring (bicyclic) bond motifs is 1. The maximum atomic E-state index is 13.1. The lowest BCUT2D eigenvalue weighted by Gasteiger charge is -2.23. The lowest BCUT2D eigenvalue weighted by Crippen LogP contribution is -2.39. The van der Waals surface area contributed by atoms with Crippen molar-refractivity contribution in [1.29, 1.82) is 0 Å². The van der Waals surface area contributed by atoms with Crippen molar-refractivity contribution in [2.24, 2.45) is 5.73 Å². The van der Waals surface area contributed by atoms with Crippen LogP contribution in [0.2, 0.25) is 0 Å². The minimum atomic E-state index is -3.70. The van der Waals surface area contributed by atoms with E-state index < -0.39 is 16.0 Å². The van der Waals surface area contributed by atoms with Gasteiger partial charge in [0.25, 0.3) is 0 Å². The summed E-state index contributed by atoms with van der Waals surface area (Å²) in [6, 6.07) is 6.23. The molecule has 3 rings (SSSR count). The molecule has 1 unspecified atom stereocenters. The fourth-order valence-corrected chi connectivity index (χ4v) is 5.06. The molecule has 0 amide bonds. The van der Waals surface area contributed by atoms with E-state index in [-0.39, 0.29) is 16.6 Å². The summed E-state index contributed by atoms with van der Waals surface area (Å²) in [6.07, 6.45) is 2.97. The van der Waals surface area contributed by atoms with Gasteiger partial charge < -0.3 is 10.5 Å². The molecule has 1 aliphatic heterocycles. The van der Waals surface area contributed by atoms with Crippen molar-refractivity contribution < 1.29 is 17.9 Å². The largest absolute Gasteiger partial charge is 0.464 e. The van der Waals surface area contributed by atoms with E-state index in [4.69, 9.17) is 10.5 Å². The van der Waals surface area contributed by atoms with Crippen LogP contribution in [0.4, 0.5) is 0 Å². The molecule has 1 aromatic carbocycles. The Balaban J connectivity index is 2.18. The molecule has 0 bridgehead atoms. The number of hydrogen-bond acceptors (Lipinski definition) is 6. The molecule has 1 saturated heterocycles. The third kappa shape index (κ3) is 2.66. The molecule has 1 aliphatic rings. The number of ether oxygens (including phenoxy) is 1. The Bertz CT molecular complexity index is 882. The first kappa shape index (κ1) is 16.8. The van der Waals surface area contributed by atoms with Crippen molar-refractivity contribution in [2.75, 3.05) is 20.2 Å². The number of pyridine rings is 1. The van der Waals surface area contributed by atoms with Crippen LogP contribution in [0.25, 0.3) is 10.8 Å². The average Bonchev–Trinajstić information content (AvgIpc) is 3.09. The maximum absolute atomic E-state index is 13.1. The van der Waals surface area contributed by atoms with Gasteiger partial charge in [-0.15, -0.1) is 0 Å². The lowest BCUT2D eigenvalue weighted by atomic mass is 10.1. The number of esters is 1. The zero-order valence-electron chi connectivity index (χ0n) is 13.3. The first-order valence-electron chi connectivity index (χ1n) is 7.68. The highest BCUT2D eigenvalue weighted by molar-refractivity contribution is 7.89. The van der Waals surface area contributed by atoms with Crippen LogP contribution in [0, 0.1) is 0 Å². The van der Waals surface area contributed by atoms with E-state index in [1.54, 1.807) is 24.3 Å². The summed E-state index contributed by atoms with van der Waals surface area (Å²) in [5.74, 6) is -0.601. The molecule has 2 aromatic rings. The number of rotatable bonds is 4. The molecule has 0 aliphatic carbocycles. The summed E-state index contributed by atoms with van der Waals surface area (Å²) < 4.78 is 32.4. The molecule has 2 N–H and O–H groups in total. The molecule has 2 heterocycles. The van der Waals surface area contributed by atoms with Gasteiger partial charge in [-0.3, -0.25) is 0 Å². The van der Waals surface area contributed by atoms with Gasteiger partial charge in [0, 0.05) is 36.1 Å². The summed E-state index contributed by atoms with van der Waals surface area (Å²) in [4.78, 5) is 16.1. The Morgan fingerprint density at radius 2 is 2.17 bits per heavy atom. The second-order valence-corrected chi connectivity index (χ2v) is 7.51. The molecular formula is C16H19N3O4S. The zero-order valence-corrected chi connectivity index (χ0v) is 14.1. The number of nitrogens with zero attached hydrogens (tertiary/aromatic N) is 2. The van der Waals surface area contributed by atoms with Crippen molar-refractivity contribution in [2.45, 2.75) is 23.8 Å². The van der Waals surface area contributed by atoms with Crippen LogP contribution in [0.3, 0.4) is 0 Å². The molecular weight excluding hydrogens is 330 g/mol. The summed E-state index contributed by atoms with van der Waals surface area (Å²) in [5, 5.41) is 0.907. The number of carbonyl (C=O) groups excluding carboxylic acids is 1. The summed E-state index contributed by atoms with van der Waals surface area (Å²) in [5.41, 5.74) is 5.82. The Morgan fingerprint density at radius 3 is 2.88 bits per heavy atom. The third-order valence-electron chi connectivity index (χ3n) is 4.33. The molecule has 24 heavy (non-hydrogen) atoms. The van der Waals surface area contributed by atoms with Gasteiger partial charge >= 0.3 is 5.97 Å². The van der Waals surface area contributed by atoms with Crippen molar-refractivity contribution in [3.63, 3.8) is 0 Å². The number of benzene rings is 1. The lowest BCUT2D eigenvalue weighted by molar-refractivity contribution is 0.0596. The van der Waals surface area contributed by atoms with Gasteiger partial charge in [0.2, 0.25) is 10.0 Å². The van der Waals surface area contributed by atoms with Crippen molar-refractivity contribution in [3.05, 3.63) is 36.2 Å². The first-order chi connectivity index (χ1) is 11.5. The number of carbonyl (C=O) groups is 1. The van der Waals surface area contributed by atoms with Gasteiger partial charge in [-0.05, 0) is 25.0 Å². The second-order valence-electron chi connectivity index (χ2n) is 5.65. The first-order valence-corrected chi connectivity index (χ1v) is 9.12. The standard InChI is InChI=1S/C16H19N3O4S/c1-23-16(20)15-13-5-2-6-14(12(13)7-8-18-15)24(21,22)19-9-3-4-11(19)10-17/h2,5-8,11H,3-4,9-10,17H2,1H3. The van der Waals surface area contributed by atoms with Crippen LogP contribution in [0.1, 0.15) is 23.3 Å². The highest BCUT2D eigenvalue weighted by Gasteiger charge is 2.35. The van der Waals surface area contributed by atoms with E-state index in [2.05, 4.69) is 4.98 Å². The summed E-state index contributed by atoms with van der Waals surface area (Å²) in [6.45, 7) is 0.745. The monoisotopic (exact) mass is 349 g/mol. The maximum Gasteiger partial charge on any atom is 0.357 e. The number of aromatic nitrogens is 1. The highest BCUT2D eigenvalue weighted by Crippen LogP contribution is 2.31.